The maximum absolute atomic E-state index is 12.9. The number of amides is 3. The van der Waals surface area contributed by atoms with Gasteiger partial charge in [0.1, 0.15) is 85.7 Å². The van der Waals surface area contributed by atoms with E-state index in [1.165, 1.54) is 18.7 Å². The Bertz CT molecular complexity index is 5630. The van der Waals surface area contributed by atoms with Crippen molar-refractivity contribution in [3.8, 4) is 17.8 Å². The Kier molecular flexibility index (Phi) is 44.5. The highest BCUT2D eigenvalue weighted by atomic mass is 127. The third-order valence-electron chi connectivity index (χ3n) is 17.4. The second-order valence-electron chi connectivity index (χ2n) is 26.5. The van der Waals surface area contributed by atoms with Crippen molar-refractivity contribution in [2.24, 2.45) is 4.99 Å². The number of benzene rings is 3. The fraction of sp³-hybridized carbons (Fsp3) is 0.261. The van der Waals surface area contributed by atoms with E-state index in [1.807, 2.05) is 165 Å². The van der Waals surface area contributed by atoms with Crippen molar-refractivity contribution in [3.05, 3.63) is 276 Å². The number of rotatable bonds is 15. The molecule has 3 aromatic carbocycles. The van der Waals surface area contributed by atoms with Crippen LogP contribution < -0.4 is 50.2 Å². The van der Waals surface area contributed by atoms with E-state index in [-0.39, 0.29) is 75.7 Å². The van der Waals surface area contributed by atoms with Crippen LogP contribution in [0.4, 0.5) is 56.4 Å². The van der Waals surface area contributed by atoms with E-state index in [2.05, 4.69) is 93.2 Å². The number of aromatic nitrogens is 10. The second kappa shape index (κ2) is 53.8. The molecule has 9 heterocycles. The van der Waals surface area contributed by atoms with Gasteiger partial charge < -0.3 is 59.2 Å². The van der Waals surface area contributed by atoms with Crippen molar-refractivity contribution in [2.45, 2.75) is 127 Å². The van der Waals surface area contributed by atoms with Crippen LogP contribution in [-0.2, 0) is 31.5 Å². The van der Waals surface area contributed by atoms with Crippen LogP contribution in [0.25, 0.3) is 21.6 Å². The zero-order valence-electron chi connectivity index (χ0n) is 71.8. The molecule has 14 N–H and O–H groups in total. The van der Waals surface area contributed by atoms with Crippen LogP contribution in [0.3, 0.4) is 0 Å². The average molecular weight is 1830 g/mol. The molecule has 35 heteroatoms. The summed E-state index contributed by atoms with van der Waals surface area (Å²) in [7, 11) is 2.21. The van der Waals surface area contributed by atoms with E-state index >= 15 is 0 Å². The summed E-state index contributed by atoms with van der Waals surface area (Å²) in [6.07, 6.45) is 12.3. The Hall–Kier alpha value is -13.6. The number of hydrogen-bond acceptors (Lipinski definition) is 25. The highest BCUT2D eigenvalue weighted by Crippen LogP contribution is 2.27. The molecule has 0 aliphatic carbocycles. The zero-order chi connectivity index (χ0) is 92.9. The van der Waals surface area contributed by atoms with Gasteiger partial charge in [-0.3, -0.25) is 42.9 Å². The van der Waals surface area contributed by atoms with Crippen LogP contribution in [0.1, 0.15) is 140 Å². The number of nitrogen functional groups attached to an aromatic ring is 5. The van der Waals surface area contributed by atoms with Gasteiger partial charge in [0.15, 0.2) is 5.65 Å². The summed E-state index contributed by atoms with van der Waals surface area (Å²) in [5, 5.41) is 34.4. The number of carboxylic acid groups (broad SMARTS) is 1. The molecular weight excluding hydrogens is 1730 g/mol. The first-order chi connectivity index (χ1) is 58.9. The number of alkyl halides is 3. The van der Waals surface area contributed by atoms with E-state index in [0.29, 0.717) is 87.3 Å². The largest absolute Gasteiger partial charge is 0.478 e. The van der Waals surface area contributed by atoms with Crippen molar-refractivity contribution in [1.29, 1.82) is 10.5 Å². The number of aliphatic imine (C=N–C) groups is 1. The first-order valence-corrected chi connectivity index (χ1v) is 39.3. The SMILES string of the molecule is COC(C)CC(C)=C(C#N)C#N.COC(C)CC(C)=O.Cc1ccccc1-n1c(CCl)nc2nccc(C)c2c1=O.Cc1ccccc1NC(=O)c1c(C)ccnc1N.Cc1ccccc1NC(=O)c1c(C)ccnc1NC(=O)CCl.Cc1cccnc1N.Cc1ccnc(N)c1C(=O)O.Nc1ncnc2c1C(I)=NC2.[2H]CF.[C-]#[N+]c1c(C)ccnc1N. The molecule has 1 aliphatic heterocycles. The van der Waals surface area contributed by atoms with Gasteiger partial charge in [0.2, 0.25) is 11.6 Å². The molecule has 0 radical (unpaired) electrons. The Morgan fingerprint density at radius 2 is 1.07 bits per heavy atom. The summed E-state index contributed by atoms with van der Waals surface area (Å²) in [4.78, 5) is 113. The number of nitrogens with two attached hydrogens (primary N) is 5. The van der Waals surface area contributed by atoms with Gasteiger partial charge >= 0.3 is 5.97 Å². The number of hydrogen-bond donors (Lipinski definition) is 9. The third-order valence-corrected chi connectivity index (χ3v) is 18.7. The van der Waals surface area contributed by atoms with Crippen LogP contribution in [0.15, 0.2) is 180 Å². The number of nitrogens with one attached hydrogen (secondary N) is 3. The molecule has 0 bridgehead atoms. The molecule has 2 unspecified atom stereocenters. The van der Waals surface area contributed by atoms with Gasteiger partial charge in [-0.25, -0.2) is 49.5 Å². The highest BCUT2D eigenvalue weighted by Gasteiger charge is 2.22. The number of aryl methyl sites for hydroxylation is 9. The number of methoxy groups -OCH3 is 2. The van der Waals surface area contributed by atoms with Gasteiger partial charge in [0.05, 0.1) is 73.2 Å². The molecular formula is C88H100Cl2FIN22O9. The molecule has 0 saturated carbocycles. The maximum atomic E-state index is 12.9. The normalized spacial score (nSPS) is 10.7. The Labute approximate surface area is 739 Å². The summed E-state index contributed by atoms with van der Waals surface area (Å²) in [6, 6.07) is 38.9. The average Bonchev–Trinajstić information content (AvgIpc) is 0.888. The summed E-state index contributed by atoms with van der Waals surface area (Å²) >= 11 is 13.6. The number of nitrogens with zero attached hydrogens (tertiary/aromatic N) is 14. The van der Waals surface area contributed by atoms with E-state index in [9.17, 15) is 33.2 Å². The van der Waals surface area contributed by atoms with Crippen LogP contribution >= 0.6 is 45.8 Å². The number of fused-ring (bicyclic) bond motifs is 2. The molecule has 12 rings (SSSR count). The molecule has 8 aromatic heterocycles. The van der Waals surface area contributed by atoms with Gasteiger partial charge in [-0.05, 0) is 223 Å². The van der Waals surface area contributed by atoms with E-state index < -0.39 is 19.0 Å². The molecule has 0 saturated heterocycles. The molecule has 3 amide bonds. The van der Waals surface area contributed by atoms with Gasteiger partial charge in [0, 0.05) is 69.2 Å². The molecule has 644 valence electrons. The number of pyridine rings is 6. The summed E-state index contributed by atoms with van der Waals surface area (Å²) in [5.41, 5.74) is 42.1. The number of aromatic carboxylic acids is 1. The monoisotopic (exact) mass is 1830 g/mol. The number of anilines is 8. The maximum Gasteiger partial charge on any atom is 0.339 e. The van der Waals surface area contributed by atoms with E-state index in [0.717, 1.165) is 70.9 Å². The molecule has 1 aliphatic rings. The number of para-hydroxylation sites is 3. The minimum absolute atomic E-state index is 0.0571. The van der Waals surface area contributed by atoms with Crippen LogP contribution in [0.2, 0.25) is 0 Å². The number of Topliss-reactive ketones (excluding diaryl/α,β-unsaturated/α-hetero) is 1. The molecule has 11 aromatic rings. The molecule has 123 heavy (non-hydrogen) atoms. The number of ketones is 1. The zero-order valence-corrected chi connectivity index (χ0v) is 74.5. The van der Waals surface area contributed by atoms with Crippen LogP contribution in [0.5, 0.6) is 0 Å². The molecule has 0 fully saturated rings. The lowest BCUT2D eigenvalue weighted by atomic mass is 10.1. The smallest absolute Gasteiger partial charge is 0.339 e. The van der Waals surface area contributed by atoms with Gasteiger partial charge in [0.25, 0.3) is 17.4 Å². The fourth-order valence-corrected chi connectivity index (χ4v) is 11.6. The van der Waals surface area contributed by atoms with Crippen molar-refractivity contribution in [2.75, 3.05) is 71.9 Å². The highest BCUT2D eigenvalue weighted by molar-refractivity contribution is 14.1. The number of ether oxygens (including phenoxy) is 2. The van der Waals surface area contributed by atoms with Gasteiger partial charge in [-0.2, -0.15) is 10.5 Å². The van der Waals surface area contributed by atoms with Crippen molar-refractivity contribution >= 4 is 142 Å². The first kappa shape index (κ1) is 102. The fourth-order valence-electron chi connectivity index (χ4n) is 10.6. The van der Waals surface area contributed by atoms with Crippen molar-refractivity contribution < 1.29 is 44.3 Å². The summed E-state index contributed by atoms with van der Waals surface area (Å²) < 4.78 is 27.8. The minimum atomic E-state index is -1.03. The van der Waals surface area contributed by atoms with E-state index in [4.69, 9.17) is 84.9 Å². The number of carbonyl (C=O) groups excluding carboxylic acids is 4. The Balaban J connectivity index is 0.000000366. The number of nitriles is 2. The third kappa shape index (κ3) is 32.8. The van der Waals surface area contributed by atoms with Crippen LogP contribution in [-0.4, -0.2) is 127 Å². The molecule has 0 spiro atoms. The number of carboxylic acids is 1. The lowest BCUT2D eigenvalue weighted by molar-refractivity contribution is -0.119. The van der Waals surface area contributed by atoms with Crippen LogP contribution in [0, 0.1) is 91.5 Å². The van der Waals surface area contributed by atoms with Gasteiger partial charge in [-0.1, -0.05) is 66.7 Å². The quantitative estimate of drug-likeness (QED) is 0.0199. The summed E-state index contributed by atoms with van der Waals surface area (Å²) in [6.45, 7) is 31.2. The lowest BCUT2D eigenvalue weighted by Gasteiger charge is -2.14. The molecule has 31 nitrogen and oxygen atoms in total. The topological polar surface area (TPSA) is 493 Å². The Morgan fingerprint density at radius 1 is 0.602 bits per heavy atom. The number of allylic oxidation sites excluding steroid dienone is 1. The predicted molar refractivity (Wildman–Crippen MR) is 492 cm³/mol. The molecule has 2 atom stereocenters. The predicted octanol–water partition coefficient (Wildman–Crippen LogP) is 16.1. The first-order valence-electron chi connectivity index (χ1n) is 37.8. The van der Waals surface area contributed by atoms with Crippen molar-refractivity contribution in [1.82, 2.24) is 49.4 Å². The lowest BCUT2D eigenvalue weighted by Crippen LogP contribution is -2.25. The summed E-state index contributed by atoms with van der Waals surface area (Å²) in [5.74, 6) is 0.609. The number of halogens is 4. The second-order valence-corrected chi connectivity index (χ2v) is 28.1. The van der Waals surface area contributed by atoms with E-state index in [1.54, 1.807) is 95.5 Å². The Morgan fingerprint density at radius 3 is 1.51 bits per heavy atom. The van der Waals surface area contributed by atoms with Gasteiger partial charge in [-0.15, -0.1) is 23.2 Å². The standard InChI is InChI=1S/C16H16ClN3O2.C16H14ClN3O.C14H15N3O.C9H12N2O.C7H7N3.C7H8N2O2.C6H5IN4.C6H8N2.C6H12O2.CH3F/c1-10-5-3-4-6-12(10)19-16(22)14-11(2)7-8-18-15(14)20-13(21)9-17;1-10-5-3-4-6-12(10)20-13(9-17)19-15-14(16(20)21)11(2)7-8-18-15;1-9-5-3-4-6-11(9)17-14(18)12-10(2)7-8-16-13(12)15;1-7(4-8(2)12-3)9(5-10)6-11;1-5-3-4-10-7(8)6(5)9-2;1-4-2-3-9-6(8)5(4)7(10)11;7-5-4-3(1-9-5)10-2-11-6(4)8;1-5-3-2-4-8-6(5)7;1-5(7)4-6(2)8-3;1-2/h3-8H,9H2,1-2H3,(H,19,22)(H,18,20,21);3-8H,9H2,1-2H3;3-8H,1-2H3,(H2,15,16)(H,17,18);8H,4H2,1-3H3;3-4H,1H3,(H2,8,10);2-3H,1H3,(H2,8,9)(H,10,11);2H,1H2,(H2,8,10,11);2-4H,1H3,(H2,7,8);6H,4H2,1-3H3;1H3/i;;;;;;;;;1D. The van der Waals surface area contributed by atoms with Crippen molar-refractivity contribution in [3.63, 3.8) is 0 Å². The minimum Gasteiger partial charge on any atom is -0.478 e. The number of carbonyl (C=O) groups is 5.